The lowest BCUT2D eigenvalue weighted by Gasteiger charge is -2.17. The summed E-state index contributed by atoms with van der Waals surface area (Å²) in [4.78, 5) is 13.2. The van der Waals surface area contributed by atoms with Crippen LogP contribution in [0.25, 0.3) is 10.8 Å². The largest absolute Gasteiger partial charge is 0.333 e. The van der Waals surface area contributed by atoms with Crippen molar-refractivity contribution in [3.05, 3.63) is 70.4 Å². The topological polar surface area (TPSA) is 41.1 Å². The molecule has 2 aromatic carbocycles. The van der Waals surface area contributed by atoms with Crippen molar-refractivity contribution >= 4 is 28.1 Å². The van der Waals surface area contributed by atoms with Crippen molar-refractivity contribution in [2.45, 2.75) is 19.5 Å². The Morgan fingerprint density at radius 2 is 1.91 bits per heavy atom. The SMILES string of the molecule is CC(NC(=O)NCc1cccs1)c1cccc2ccccc12. The van der Waals surface area contributed by atoms with E-state index in [4.69, 9.17) is 0 Å². The van der Waals surface area contributed by atoms with Crippen molar-refractivity contribution in [3.8, 4) is 0 Å². The lowest BCUT2D eigenvalue weighted by Crippen LogP contribution is -2.36. The zero-order valence-corrected chi connectivity index (χ0v) is 13.2. The van der Waals surface area contributed by atoms with E-state index < -0.39 is 0 Å². The highest BCUT2D eigenvalue weighted by Gasteiger charge is 2.11. The number of carbonyl (C=O) groups excluding carboxylic acids is 1. The molecule has 0 saturated carbocycles. The summed E-state index contributed by atoms with van der Waals surface area (Å²) in [7, 11) is 0. The molecule has 0 bridgehead atoms. The van der Waals surface area contributed by atoms with Gasteiger partial charge in [-0.3, -0.25) is 0 Å². The van der Waals surface area contributed by atoms with Crippen LogP contribution in [-0.4, -0.2) is 6.03 Å². The summed E-state index contributed by atoms with van der Waals surface area (Å²) >= 11 is 1.64. The number of urea groups is 1. The summed E-state index contributed by atoms with van der Waals surface area (Å²) in [5, 5.41) is 10.3. The number of fused-ring (bicyclic) bond motifs is 1. The van der Waals surface area contributed by atoms with E-state index in [0.717, 1.165) is 10.4 Å². The Bertz CT molecular complexity index is 762. The molecular weight excluding hydrogens is 292 g/mol. The van der Waals surface area contributed by atoms with Gasteiger partial charge < -0.3 is 10.6 Å². The van der Waals surface area contributed by atoms with Gasteiger partial charge in [-0.25, -0.2) is 4.79 Å². The first-order valence-electron chi connectivity index (χ1n) is 7.28. The van der Waals surface area contributed by atoms with Crippen molar-refractivity contribution < 1.29 is 4.79 Å². The number of nitrogens with one attached hydrogen (secondary N) is 2. The molecule has 0 radical (unpaired) electrons. The van der Waals surface area contributed by atoms with Crippen LogP contribution in [0.4, 0.5) is 4.79 Å². The first-order chi connectivity index (χ1) is 10.7. The van der Waals surface area contributed by atoms with E-state index in [1.54, 1.807) is 11.3 Å². The minimum Gasteiger partial charge on any atom is -0.333 e. The van der Waals surface area contributed by atoms with Crippen LogP contribution in [0, 0.1) is 0 Å². The van der Waals surface area contributed by atoms with Gasteiger partial charge in [-0.2, -0.15) is 0 Å². The highest BCUT2D eigenvalue weighted by Crippen LogP contribution is 2.23. The Morgan fingerprint density at radius 3 is 2.73 bits per heavy atom. The van der Waals surface area contributed by atoms with Crippen molar-refractivity contribution in [2.75, 3.05) is 0 Å². The fourth-order valence-electron chi connectivity index (χ4n) is 2.53. The van der Waals surface area contributed by atoms with Crippen LogP contribution in [0.3, 0.4) is 0 Å². The number of carbonyl (C=O) groups is 1. The van der Waals surface area contributed by atoms with E-state index in [-0.39, 0.29) is 12.1 Å². The molecule has 1 heterocycles. The molecular formula is C18H18N2OS. The third-order valence-electron chi connectivity index (χ3n) is 3.64. The van der Waals surface area contributed by atoms with Crippen molar-refractivity contribution in [1.29, 1.82) is 0 Å². The minimum atomic E-state index is -0.145. The first kappa shape index (κ1) is 14.6. The van der Waals surface area contributed by atoms with E-state index in [9.17, 15) is 4.79 Å². The fraction of sp³-hybridized carbons (Fsp3) is 0.167. The van der Waals surface area contributed by atoms with Crippen molar-refractivity contribution in [2.24, 2.45) is 0 Å². The van der Waals surface area contributed by atoms with Gasteiger partial charge in [0, 0.05) is 4.88 Å². The smallest absolute Gasteiger partial charge is 0.315 e. The minimum absolute atomic E-state index is 0.0468. The maximum Gasteiger partial charge on any atom is 0.315 e. The number of hydrogen-bond donors (Lipinski definition) is 2. The number of amides is 2. The predicted molar refractivity (Wildman–Crippen MR) is 92.1 cm³/mol. The molecule has 4 heteroatoms. The maximum absolute atomic E-state index is 12.0. The molecule has 0 aliphatic heterocycles. The number of thiophene rings is 1. The second kappa shape index (κ2) is 6.62. The van der Waals surface area contributed by atoms with Crippen LogP contribution >= 0.6 is 11.3 Å². The Labute approximate surface area is 134 Å². The van der Waals surface area contributed by atoms with Gasteiger partial charge in [-0.1, -0.05) is 48.5 Å². The molecule has 0 fully saturated rings. The van der Waals surface area contributed by atoms with Crippen LogP contribution < -0.4 is 10.6 Å². The molecule has 2 amide bonds. The van der Waals surface area contributed by atoms with Crippen molar-refractivity contribution in [3.63, 3.8) is 0 Å². The summed E-state index contributed by atoms with van der Waals surface area (Å²) in [6.07, 6.45) is 0. The summed E-state index contributed by atoms with van der Waals surface area (Å²) in [6, 6.07) is 18.2. The van der Waals surface area contributed by atoms with Crippen LogP contribution in [0.1, 0.15) is 23.4 Å². The monoisotopic (exact) mass is 310 g/mol. The molecule has 2 N–H and O–H groups in total. The zero-order valence-electron chi connectivity index (χ0n) is 12.4. The van der Waals surface area contributed by atoms with Crippen LogP contribution in [0.2, 0.25) is 0 Å². The van der Waals surface area contributed by atoms with Gasteiger partial charge in [0.1, 0.15) is 0 Å². The molecule has 1 atom stereocenters. The average molecular weight is 310 g/mol. The average Bonchev–Trinajstić information content (AvgIpc) is 3.06. The van der Waals surface area contributed by atoms with Crippen molar-refractivity contribution in [1.82, 2.24) is 10.6 Å². The molecule has 3 nitrogen and oxygen atoms in total. The highest BCUT2D eigenvalue weighted by molar-refractivity contribution is 7.09. The fourth-order valence-corrected chi connectivity index (χ4v) is 3.18. The molecule has 3 rings (SSSR count). The normalized spacial score (nSPS) is 12.0. The van der Waals surface area contributed by atoms with E-state index in [2.05, 4.69) is 34.9 Å². The molecule has 22 heavy (non-hydrogen) atoms. The second-order valence-corrected chi connectivity index (χ2v) is 6.23. The standard InChI is InChI=1S/C18H18N2OS/c1-13(20-18(21)19-12-15-8-5-11-22-15)16-10-4-7-14-6-2-3-9-17(14)16/h2-11,13H,12H2,1H3,(H2,19,20,21). The molecule has 0 saturated heterocycles. The summed E-state index contributed by atoms with van der Waals surface area (Å²) < 4.78 is 0. The first-order valence-corrected chi connectivity index (χ1v) is 8.16. The molecule has 0 spiro atoms. The Hall–Kier alpha value is -2.33. The van der Waals surface area contributed by atoms with Crippen LogP contribution in [-0.2, 0) is 6.54 Å². The maximum atomic E-state index is 12.0. The quantitative estimate of drug-likeness (QED) is 0.734. The number of hydrogen-bond acceptors (Lipinski definition) is 2. The van der Waals surface area contributed by atoms with E-state index in [1.165, 1.54) is 10.8 Å². The lowest BCUT2D eigenvalue weighted by atomic mass is 10.00. The number of rotatable bonds is 4. The molecule has 112 valence electrons. The van der Waals surface area contributed by atoms with E-state index >= 15 is 0 Å². The molecule has 1 aromatic heterocycles. The highest BCUT2D eigenvalue weighted by atomic mass is 32.1. The third-order valence-corrected chi connectivity index (χ3v) is 4.52. The second-order valence-electron chi connectivity index (χ2n) is 5.20. The molecule has 0 aliphatic rings. The van der Waals surface area contributed by atoms with Gasteiger partial charge in [0.2, 0.25) is 0 Å². The van der Waals surface area contributed by atoms with Gasteiger partial charge in [-0.15, -0.1) is 11.3 Å². The Balaban J connectivity index is 1.68. The van der Waals surface area contributed by atoms with Gasteiger partial charge in [0.05, 0.1) is 12.6 Å². The Kier molecular flexibility index (Phi) is 4.39. The van der Waals surface area contributed by atoms with Gasteiger partial charge >= 0.3 is 6.03 Å². The predicted octanol–water partition coefficient (Wildman–Crippen LogP) is 4.46. The van der Waals surface area contributed by atoms with E-state index in [0.29, 0.717) is 6.54 Å². The molecule has 1 unspecified atom stereocenters. The van der Waals surface area contributed by atoms with Crippen LogP contribution in [0.15, 0.2) is 60.0 Å². The van der Waals surface area contributed by atoms with Gasteiger partial charge in [0.25, 0.3) is 0 Å². The van der Waals surface area contributed by atoms with Crippen LogP contribution in [0.5, 0.6) is 0 Å². The van der Waals surface area contributed by atoms with E-state index in [1.807, 2.05) is 42.6 Å². The molecule has 0 aliphatic carbocycles. The summed E-state index contributed by atoms with van der Waals surface area (Å²) in [6.45, 7) is 2.57. The van der Waals surface area contributed by atoms with Gasteiger partial charge in [0.15, 0.2) is 0 Å². The summed E-state index contributed by atoms with van der Waals surface area (Å²) in [5.41, 5.74) is 1.13. The lowest BCUT2D eigenvalue weighted by molar-refractivity contribution is 0.237. The summed E-state index contributed by atoms with van der Waals surface area (Å²) in [5.74, 6) is 0. The molecule has 3 aromatic rings. The Morgan fingerprint density at radius 1 is 1.09 bits per heavy atom. The third kappa shape index (κ3) is 3.28. The zero-order chi connectivity index (χ0) is 15.4. The van der Waals surface area contributed by atoms with Gasteiger partial charge in [-0.05, 0) is 34.7 Å². The number of benzene rings is 2.